The van der Waals surface area contributed by atoms with E-state index in [2.05, 4.69) is 15.4 Å². The lowest BCUT2D eigenvalue weighted by Crippen LogP contribution is -2.58. The second kappa shape index (κ2) is 13.2. The van der Waals surface area contributed by atoms with Crippen molar-refractivity contribution in [2.75, 3.05) is 13.7 Å². The van der Waals surface area contributed by atoms with Crippen LogP contribution in [-0.4, -0.2) is 68.9 Å². The third-order valence-corrected chi connectivity index (χ3v) is 10.4. The average Bonchev–Trinajstić information content (AvgIpc) is 3.16. The van der Waals surface area contributed by atoms with Gasteiger partial charge in [-0.1, -0.05) is 49.4 Å². The number of nitrogens with zero attached hydrogens (tertiary/aromatic N) is 4. The average molecular weight is 592 g/mol. The van der Waals surface area contributed by atoms with Crippen LogP contribution in [0.5, 0.6) is 0 Å². The Morgan fingerprint density at radius 1 is 0.930 bits per heavy atom. The molecule has 4 fully saturated rings. The Kier molecular flexibility index (Phi) is 9.12. The van der Waals surface area contributed by atoms with Gasteiger partial charge < -0.3 is 19.8 Å². The zero-order chi connectivity index (χ0) is 29.9. The summed E-state index contributed by atoms with van der Waals surface area (Å²) in [6, 6.07) is 9.31. The quantitative estimate of drug-likeness (QED) is 0.321. The third kappa shape index (κ3) is 6.49. The first-order chi connectivity index (χ1) is 20.9. The molecule has 3 heterocycles. The van der Waals surface area contributed by atoms with E-state index in [0.717, 1.165) is 30.2 Å². The number of hydrogen-bond acceptors (Lipinski definition) is 7. The van der Waals surface area contributed by atoms with Gasteiger partial charge in [-0.05, 0) is 68.9 Å². The molecule has 2 unspecified atom stereocenters. The fourth-order valence-corrected chi connectivity index (χ4v) is 8.74. The monoisotopic (exact) mass is 591 g/mol. The zero-order valence-electron chi connectivity index (χ0n) is 25.2. The van der Waals surface area contributed by atoms with Gasteiger partial charge in [-0.15, -0.1) is 0 Å². The van der Waals surface area contributed by atoms with Gasteiger partial charge in [-0.3, -0.25) is 14.5 Å². The van der Waals surface area contributed by atoms with Crippen molar-refractivity contribution in [2.45, 2.75) is 114 Å². The first kappa shape index (κ1) is 29.8. The van der Waals surface area contributed by atoms with E-state index in [1.165, 1.54) is 64.2 Å². The molecule has 43 heavy (non-hydrogen) atoms. The molecule has 4 bridgehead atoms. The number of piperidine rings is 2. The van der Waals surface area contributed by atoms with Gasteiger partial charge in [0.1, 0.15) is 5.71 Å². The number of carbonyl (C=O) groups is 2. The number of aromatic nitrogens is 2. The molecule has 232 valence electrons. The number of carboxylic acid groups (broad SMARTS) is 1. The number of rotatable bonds is 9. The Morgan fingerprint density at radius 3 is 2.30 bits per heavy atom. The Balaban J connectivity index is 1.33. The summed E-state index contributed by atoms with van der Waals surface area (Å²) >= 11 is 0. The first-order valence-corrected chi connectivity index (χ1v) is 16.3. The van der Waals surface area contributed by atoms with E-state index >= 15 is 0 Å². The number of amides is 1. The maximum Gasteiger partial charge on any atom is 0.344 e. The second-order valence-corrected chi connectivity index (χ2v) is 13.2. The van der Waals surface area contributed by atoms with Gasteiger partial charge in [0, 0.05) is 44.1 Å². The van der Waals surface area contributed by atoms with E-state index in [9.17, 15) is 14.4 Å². The van der Waals surface area contributed by atoms with Crippen LogP contribution in [0, 0.1) is 11.8 Å². The van der Waals surface area contributed by atoms with Gasteiger partial charge in [0.05, 0.1) is 11.0 Å². The summed E-state index contributed by atoms with van der Waals surface area (Å²) in [7, 11) is 1.55. The predicted molar refractivity (Wildman–Crippen MR) is 164 cm³/mol. The largest absolute Gasteiger partial charge is 0.479 e. The van der Waals surface area contributed by atoms with Crippen LogP contribution in [0.4, 0.5) is 0 Å². The summed E-state index contributed by atoms with van der Waals surface area (Å²) in [4.78, 5) is 50.2. The number of carbonyl (C=O) groups excluding carboxylic acids is 1. The SMILES string of the molecule is CNC(=O)CC/C(=N\OCC(=O)O)c1nc2ccccc2n(C2C[C@H]3CCC[C@@H](C2)N3C2C[C@H]3CCCC[C@@H](C2)C3)c1=O. The van der Waals surface area contributed by atoms with E-state index in [-0.39, 0.29) is 41.8 Å². The standard InChI is InChI=1S/C33H45N5O5/c1-34-30(39)14-13-28(36-43-20-31(40)41)32-33(42)38(29-12-5-4-11-27(29)35-32)26-18-23-9-6-10-24(19-26)37(23)25-16-21-7-2-3-8-22(15-21)17-25/h4-5,11-12,21-26H,2-3,6-10,13-20H2,1H3,(H,34,39)(H,40,41)/b36-28+/t21-,22+,23-,24+,25?,26?. The van der Waals surface area contributed by atoms with Crippen molar-refractivity contribution in [1.82, 2.24) is 19.8 Å². The van der Waals surface area contributed by atoms with Gasteiger partial charge in [0.2, 0.25) is 12.5 Å². The molecule has 10 heteroatoms. The topological polar surface area (TPSA) is 126 Å². The number of hydrogen-bond donors (Lipinski definition) is 2. The smallest absolute Gasteiger partial charge is 0.344 e. The molecule has 2 aromatic rings. The molecule has 2 saturated heterocycles. The van der Waals surface area contributed by atoms with Crippen LogP contribution in [0.25, 0.3) is 11.0 Å². The minimum atomic E-state index is -1.17. The van der Waals surface area contributed by atoms with Crippen LogP contribution < -0.4 is 10.9 Å². The third-order valence-electron chi connectivity index (χ3n) is 10.4. The molecule has 2 saturated carbocycles. The lowest BCUT2D eigenvalue weighted by molar-refractivity contribution is -0.142. The second-order valence-electron chi connectivity index (χ2n) is 13.2. The number of aliphatic carboxylic acids is 1. The van der Waals surface area contributed by atoms with Crippen molar-refractivity contribution in [2.24, 2.45) is 17.0 Å². The summed E-state index contributed by atoms with van der Waals surface area (Å²) in [6.07, 6.45) is 15.3. The molecular formula is C33H45N5O5. The highest BCUT2D eigenvalue weighted by atomic mass is 16.6. The summed E-state index contributed by atoms with van der Waals surface area (Å²) in [6.45, 7) is -0.643. The maximum atomic E-state index is 14.3. The molecule has 2 aliphatic heterocycles. The molecule has 10 nitrogen and oxygen atoms in total. The summed E-state index contributed by atoms with van der Waals surface area (Å²) < 4.78 is 1.92. The fraction of sp³-hybridized carbons (Fsp3) is 0.667. The highest BCUT2D eigenvalue weighted by Gasteiger charge is 2.45. The van der Waals surface area contributed by atoms with Gasteiger partial charge in [-0.2, -0.15) is 0 Å². The molecule has 4 aliphatic rings. The Bertz CT molecular complexity index is 1390. The minimum absolute atomic E-state index is 0.0247. The zero-order valence-corrected chi connectivity index (χ0v) is 25.2. The molecule has 0 radical (unpaired) electrons. The summed E-state index contributed by atoms with van der Waals surface area (Å²) in [5.74, 6) is 0.355. The van der Waals surface area contributed by atoms with Crippen molar-refractivity contribution < 1.29 is 19.5 Å². The van der Waals surface area contributed by atoms with E-state index in [1.54, 1.807) is 7.05 Å². The van der Waals surface area contributed by atoms with Gasteiger partial charge in [0.25, 0.3) is 5.56 Å². The number of oxime groups is 1. The summed E-state index contributed by atoms with van der Waals surface area (Å²) in [5.41, 5.74) is 1.53. The van der Waals surface area contributed by atoms with E-state index in [0.29, 0.717) is 23.6 Å². The van der Waals surface area contributed by atoms with Crippen molar-refractivity contribution in [1.29, 1.82) is 0 Å². The highest BCUT2D eigenvalue weighted by molar-refractivity contribution is 6.01. The number of benzene rings is 1. The van der Waals surface area contributed by atoms with Crippen molar-refractivity contribution >= 4 is 28.6 Å². The molecule has 2 aliphatic carbocycles. The lowest BCUT2D eigenvalue weighted by atomic mass is 9.73. The molecule has 1 aromatic carbocycles. The predicted octanol–water partition coefficient (Wildman–Crippen LogP) is 4.64. The minimum Gasteiger partial charge on any atom is -0.479 e. The fourth-order valence-electron chi connectivity index (χ4n) is 8.74. The van der Waals surface area contributed by atoms with Crippen molar-refractivity contribution in [3.05, 3.63) is 40.3 Å². The van der Waals surface area contributed by atoms with E-state index < -0.39 is 12.6 Å². The Labute approximate surface area is 252 Å². The Hall–Kier alpha value is -3.27. The molecule has 1 aromatic heterocycles. The van der Waals surface area contributed by atoms with Crippen molar-refractivity contribution in [3.63, 3.8) is 0 Å². The molecule has 1 amide bonds. The number of para-hydroxylation sites is 2. The van der Waals surface area contributed by atoms with Crippen LogP contribution in [-0.2, 0) is 14.4 Å². The van der Waals surface area contributed by atoms with E-state index in [1.807, 2.05) is 28.8 Å². The molecule has 6 rings (SSSR count). The molecule has 0 spiro atoms. The normalized spacial score (nSPS) is 29.6. The number of carboxylic acids is 1. The van der Waals surface area contributed by atoms with Crippen LogP contribution in [0.3, 0.4) is 0 Å². The van der Waals surface area contributed by atoms with Crippen LogP contribution in [0.15, 0.2) is 34.2 Å². The number of nitrogens with one attached hydrogen (secondary N) is 1. The first-order valence-electron chi connectivity index (χ1n) is 16.3. The lowest BCUT2D eigenvalue weighted by Gasteiger charge is -2.54. The van der Waals surface area contributed by atoms with Gasteiger partial charge in [-0.25, -0.2) is 9.78 Å². The number of fused-ring (bicyclic) bond motifs is 5. The maximum absolute atomic E-state index is 14.3. The Morgan fingerprint density at radius 2 is 1.63 bits per heavy atom. The van der Waals surface area contributed by atoms with E-state index in [4.69, 9.17) is 14.9 Å². The summed E-state index contributed by atoms with van der Waals surface area (Å²) in [5, 5.41) is 15.7. The van der Waals surface area contributed by atoms with Crippen LogP contribution in [0.2, 0.25) is 0 Å². The van der Waals surface area contributed by atoms with Gasteiger partial charge >= 0.3 is 5.97 Å². The van der Waals surface area contributed by atoms with Gasteiger partial charge in [0.15, 0.2) is 5.69 Å². The molecule has 6 atom stereocenters. The highest BCUT2D eigenvalue weighted by Crippen LogP contribution is 2.47. The van der Waals surface area contributed by atoms with Crippen LogP contribution in [0.1, 0.15) is 102 Å². The molecule has 2 N–H and O–H groups in total. The van der Waals surface area contributed by atoms with Crippen LogP contribution >= 0.6 is 0 Å². The molecular weight excluding hydrogens is 546 g/mol. The van der Waals surface area contributed by atoms with Crippen molar-refractivity contribution in [3.8, 4) is 0 Å².